The summed E-state index contributed by atoms with van der Waals surface area (Å²) in [5.74, 6) is 0.0952. The van der Waals surface area contributed by atoms with Crippen LogP contribution in [0.1, 0.15) is 13.3 Å². The highest BCUT2D eigenvalue weighted by atomic mass is 16.2. The zero-order chi connectivity index (χ0) is 14.1. The summed E-state index contributed by atoms with van der Waals surface area (Å²) in [6, 6.07) is 5.72. The van der Waals surface area contributed by atoms with Crippen molar-refractivity contribution >= 4 is 28.1 Å². The molecule has 0 radical (unpaired) electrons. The molecule has 3 rings (SSSR count). The van der Waals surface area contributed by atoms with E-state index in [1.54, 1.807) is 12.4 Å². The van der Waals surface area contributed by atoms with Crippen LogP contribution in [0, 0.1) is 0 Å². The number of piperazine rings is 1. The van der Waals surface area contributed by atoms with Gasteiger partial charge in [-0.15, -0.1) is 0 Å². The minimum Gasteiger partial charge on any atom is -0.398 e. The van der Waals surface area contributed by atoms with E-state index in [0.717, 1.165) is 29.4 Å². The van der Waals surface area contributed by atoms with Gasteiger partial charge in [-0.05, 0) is 24.6 Å². The van der Waals surface area contributed by atoms with Crippen molar-refractivity contribution in [3.8, 4) is 0 Å². The number of nitrogens with two attached hydrogens (primary N) is 1. The predicted octanol–water partition coefficient (Wildman–Crippen LogP) is 1.53. The molecule has 1 aliphatic rings. The predicted molar refractivity (Wildman–Crippen MR) is 80.6 cm³/mol. The van der Waals surface area contributed by atoms with Gasteiger partial charge in [-0.25, -0.2) is 0 Å². The van der Waals surface area contributed by atoms with Crippen molar-refractivity contribution in [1.82, 2.24) is 10.3 Å². The normalized spacial score (nSPS) is 19.1. The number of nitrogens with one attached hydrogen (secondary N) is 1. The van der Waals surface area contributed by atoms with Gasteiger partial charge in [0.15, 0.2) is 0 Å². The molecule has 1 fully saturated rings. The van der Waals surface area contributed by atoms with Crippen LogP contribution in [0.4, 0.5) is 11.4 Å². The standard InChI is InChI=1S/C15H18N4O/c1-2-13-15(20)18-7-8-19(13)14-4-3-12(16)11-9-17-6-5-10(11)14/h3-6,9,13H,2,7-8,16H2,1H3,(H,18,20). The summed E-state index contributed by atoms with van der Waals surface area (Å²) in [5, 5.41) is 4.91. The van der Waals surface area contributed by atoms with Crippen LogP contribution in [0.15, 0.2) is 30.6 Å². The number of pyridine rings is 1. The molecule has 1 saturated heterocycles. The number of amides is 1. The molecule has 1 aromatic carbocycles. The molecule has 0 bridgehead atoms. The summed E-state index contributed by atoms with van der Waals surface area (Å²) >= 11 is 0. The maximum absolute atomic E-state index is 12.0. The van der Waals surface area contributed by atoms with E-state index in [2.05, 4.69) is 15.2 Å². The molecule has 1 atom stereocenters. The second-order valence-corrected chi connectivity index (χ2v) is 5.00. The van der Waals surface area contributed by atoms with Gasteiger partial charge in [0, 0.05) is 47.6 Å². The third kappa shape index (κ3) is 1.95. The van der Waals surface area contributed by atoms with Crippen molar-refractivity contribution in [2.75, 3.05) is 23.7 Å². The van der Waals surface area contributed by atoms with Crippen LogP contribution < -0.4 is 16.0 Å². The zero-order valence-electron chi connectivity index (χ0n) is 11.5. The molecule has 104 valence electrons. The van der Waals surface area contributed by atoms with Crippen LogP contribution in [0.25, 0.3) is 10.8 Å². The van der Waals surface area contributed by atoms with E-state index in [0.29, 0.717) is 12.2 Å². The lowest BCUT2D eigenvalue weighted by Crippen LogP contribution is -2.55. The highest BCUT2D eigenvalue weighted by Crippen LogP contribution is 2.32. The Balaban J connectivity index is 2.14. The number of hydrogen-bond donors (Lipinski definition) is 2. The number of nitrogen functional groups attached to an aromatic ring is 1. The SMILES string of the molecule is CCC1C(=O)NCCN1c1ccc(N)c2cnccc12. The molecule has 2 heterocycles. The monoisotopic (exact) mass is 270 g/mol. The van der Waals surface area contributed by atoms with E-state index >= 15 is 0 Å². The van der Waals surface area contributed by atoms with Crippen molar-refractivity contribution in [3.63, 3.8) is 0 Å². The first-order valence-electron chi connectivity index (χ1n) is 6.89. The molecule has 5 nitrogen and oxygen atoms in total. The van der Waals surface area contributed by atoms with Crippen LogP contribution in [0.2, 0.25) is 0 Å². The van der Waals surface area contributed by atoms with E-state index in [1.165, 1.54) is 0 Å². The zero-order valence-corrected chi connectivity index (χ0v) is 11.5. The Hall–Kier alpha value is -2.30. The van der Waals surface area contributed by atoms with E-state index in [4.69, 9.17) is 5.73 Å². The quantitative estimate of drug-likeness (QED) is 0.812. The summed E-state index contributed by atoms with van der Waals surface area (Å²) < 4.78 is 0. The van der Waals surface area contributed by atoms with Gasteiger partial charge in [-0.2, -0.15) is 0 Å². The lowest BCUT2D eigenvalue weighted by molar-refractivity contribution is -0.123. The van der Waals surface area contributed by atoms with Gasteiger partial charge in [0.1, 0.15) is 6.04 Å². The summed E-state index contributed by atoms with van der Waals surface area (Å²) in [4.78, 5) is 18.3. The Morgan fingerprint density at radius 3 is 3.05 bits per heavy atom. The number of rotatable bonds is 2. The molecule has 1 aromatic heterocycles. The maximum atomic E-state index is 12.0. The Labute approximate surface area is 117 Å². The molecular weight excluding hydrogens is 252 g/mol. The van der Waals surface area contributed by atoms with Gasteiger partial charge < -0.3 is 16.0 Å². The summed E-state index contributed by atoms with van der Waals surface area (Å²) in [6.07, 6.45) is 4.32. The van der Waals surface area contributed by atoms with E-state index in [-0.39, 0.29) is 11.9 Å². The third-order valence-corrected chi connectivity index (χ3v) is 3.86. The molecule has 1 aliphatic heterocycles. The van der Waals surface area contributed by atoms with Crippen LogP contribution >= 0.6 is 0 Å². The first-order chi connectivity index (χ1) is 9.72. The molecule has 0 saturated carbocycles. The van der Waals surface area contributed by atoms with Crippen LogP contribution in [-0.2, 0) is 4.79 Å². The Kier molecular flexibility index (Phi) is 3.18. The van der Waals surface area contributed by atoms with Crippen molar-refractivity contribution in [1.29, 1.82) is 0 Å². The smallest absolute Gasteiger partial charge is 0.242 e. The second kappa shape index (κ2) is 5.00. The molecule has 0 spiro atoms. The Morgan fingerprint density at radius 1 is 1.40 bits per heavy atom. The Morgan fingerprint density at radius 2 is 2.25 bits per heavy atom. The van der Waals surface area contributed by atoms with Gasteiger partial charge >= 0.3 is 0 Å². The largest absolute Gasteiger partial charge is 0.398 e. The number of nitrogens with zero attached hydrogens (tertiary/aromatic N) is 2. The number of carbonyl (C=O) groups is 1. The molecule has 1 amide bonds. The minimum atomic E-state index is -0.122. The maximum Gasteiger partial charge on any atom is 0.242 e. The van der Waals surface area contributed by atoms with Crippen molar-refractivity contribution in [3.05, 3.63) is 30.6 Å². The van der Waals surface area contributed by atoms with Crippen molar-refractivity contribution in [2.24, 2.45) is 0 Å². The lowest BCUT2D eigenvalue weighted by atomic mass is 10.0. The Bertz CT molecular complexity index is 655. The molecule has 0 aliphatic carbocycles. The average Bonchev–Trinajstić information content (AvgIpc) is 2.48. The summed E-state index contributed by atoms with van der Waals surface area (Å²) in [7, 11) is 0. The molecular formula is C15H18N4O. The van der Waals surface area contributed by atoms with Crippen molar-refractivity contribution in [2.45, 2.75) is 19.4 Å². The molecule has 20 heavy (non-hydrogen) atoms. The number of aromatic nitrogens is 1. The van der Waals surface area contributed by atoms with Crippen LogP contribution in [-0.4, -0.2) is 30.0 Å². The number of carbonyl (C=O) groups excluding carboxylic acids is 1. The highest BCUT2D eigenvalue weighted by molar-refractivity contribution is 6.02. The topological polar surface area (TPSA) is 71.2 Å². The van der Waals surface area contributed by atoms with E-state index in [9.17, 15) is 4.79 Å². The first kappa shape index (κ1) is 12.7. The molecule has 5 heteroatoms. The van der Waals surface area contributed by atoms with Crippen LogP contribution in [0.5, 0.6) is 0 Å². The summed E-state index contributed by atoms with van der Waals surface area (Å²) in [5.41, 5.74) is 7.78. The molecule has 3 N–H and O–H groups in total. The second-order valence-electron chi connectivity index (χ2n) is 5.00. The number of anilines is 2. The van der Waals surface area contributed by atoms with E-state index < -0.39 is 0 Å². The molecule has 2 aromatic rings. The third-order valence-electron chi connectivity index (χ3n) is 3.86. The minimum absolute atomic E-state index is 0.0952. The fraction of sp³-hybridized carbons (Fsp3) is 0.333. The van der Waals surface area contributed by atoms with Crippen molar-refractivity contribution < 1.29 is 4.79 Å². The van der Waals surface area contributed by atoms with Crippen LogP contribution in [0.3, 0.4) is 0 Å². The first-order valence-corrected chi connectivity index (χ1v) is 6.89. The summed E-state index contributed by atoms with van der Waals surface area (Å²) in [6.45, 7) is 3.52. The molecule has 1 unspecified atom stereocenters. The fourth-order valence-corrected chi connectivity index (χ4v) is 2.86. The lowest BCUT2D eigenvalue weighted by Gasteiger charge is -2.37. The highest BCUT2D eigenvalue weighted by Gasteiger charge is 2.29. The van der Waals surface area contributed by atoms with Gasteiger partial charge in [0.2, 0.25) is 5.91 Å². The van der Waals surface area contributed by atoms with Gasteiger partial charge in [-0.3, -0.25) is 9.78 Å². The number of hydrogen-bond acceptors (Lipinski definition) is 4. The average molecular weight is 270 g/mol. The number of benzene rings is 1. The van der Waals surface area contributed by atoms with Gasteiger partial charge in [-0.1, -0.05) is 6.92 Å². The number of fused-ring (bicyclic) bond motifs is 1. The van der Waals surface area contributed by atoms with Gasteiger partial charge in [0.25, 0.3) is 0 Å². The van der Waals surface area contributed by atoms with Gasteiger partial charge in [0.05, 0.1) is 0 Å². The fourth-order valence-electron chi connectivity index (χ4n) is 2.86. The van der Waals surface area contributed by atoms with E-state index in [1.807, 2.05) is 25.1 Å².